The molecule has 0 aromatic carbocycles. The van der Waals surface area contributed by atoms with Crippen LogP contribution >= 0.6 is 7.82 Å². The summed E-state index contributed by atoms with van der Waals surface area (Å²) in [4.78, 5) is 35.6. The monoisotopic (exact) mass is 1270 g/mol. The zero-order valence-electron chi connectivity index (χ0n) is 44.7. The van der Waals surface area contributed by atoms with E-state index in [1.54, 1.807) is 0 Å². The Morgan fingerprint density at radius 1 is 0.553 bits per heavy atom. The predicted molar refractivity (Wildman–Crippen MR) is 258 cm³/mol. The Balaban J connectivity index is 1.50. The highest BCUT2D eigenvalue weighted by Gasteiger charge is 2.62. The number of carboxylic acids is 1. The second kappa shape index (κ2) is 30.7. The Morgan fingerprint density at radius 3 is 1.58 bits per heavy atom. The van der Waals surface area contributed by atoms with E-state index >= 15 is 0 Å². The first-order chi connectivity index (χ1) is 40.0. The molecule has 40 nitrogen and oxygen atoms in total. The van der Waals surface area contributed by atoms with Gasteiger partial charge in [0.05, 0.1) is 52.4 Å². The van der Waals surface area contributed by atoms with Gasteiger partial charge in [-0.3, -0.25) is 13.8 Å². The van der Waals surface area contributed by atoms with Crippen LogP contribution in [-0.2, 0) is 75.3 Å². The molecule has 0 spiro atoms. The number of phosphoric acid groups is 1. The number of amides is 1. The van der Waals surface area contributed by atoms with Gasteiger partial charge in [0.15, 0.2) is 31.5 Å². The quantitative estimate of drug-likeness (QED) is 0.0358. The molecule has 6 rings (SSSR count). The van der Waals surface area contributed by atoms with Crippen LogP contribution in [0.25, 0.3) is 0 Å². The lowest BCUT2D eigenvalue weighted by Gasteiger charge is -2.52. The summed E-state index contributed by atoms with van der Waals surface area (Å²) in [5.74, 6) is -6.37. The minimum absolute atomic E-state index is 0.447. The first-order valence-electron chi connectivity index (χ1n) is 26.3. The third kappa shape index (κ3) is 16.1. The number of nitrogens with one attached hydrogen (secondary N) is 1. The summed E-state index contributed by atoms with van der Waals surface area (Å²) in [6.45, 7) is -7.56. The van der Waals surface area contributed by atoms with Crippen LogP contribution in [0.4, 0.5) is 0 Å². The number of aliphatic carboxylic acids is 1. The second-order valence-corrected chi connectivity index (χ2v) is 22.0. The molecule has 41 heteroatoms. The van der Waals surface area contributed by atoms with E-state index in [9.17, 15) is 126 Å². The van der Waals surface area contributed by atoms with Crippen molar-refractivity contribution in [2.24, 2.45) is 5.73 Å². The molecular weight excluding hydrogens is 1200 g/mol. The highest BCUT2D eigenvalue weighted by molar-refractivity contribution is 7.47. The molecule has 6 heterocycles. The van der Waals surface area contributed by atoms with Crippen molar-refractivity contribution in [2.45, 2.75) is 209 Å². The van der Waals surface area contributed by atoms with Crippen LogP contribution in [0.15, 0.2) is 0 Å². The molecule has 6 fully saturated rings. The van der Waals surface area contributed by atoms with Crippen LogP contribution in [0.5, 0.6) is 0 Å². The summed E-state index contributed by atoms with van der Waals surface area (Å²) in [5.41, 5.74) is 5.46. The van der Waals surface area contributed by atoms with Gasteiger partial charge in [-0.05, 0) is 0 Å². The lowest BCUT2D eigenvalue weighted by molar-refractivity contribution is -0.414. The van der Waals surface area contributed by atoms with Gasteiger partial charge in [0.1, 0.15) is 153 Å². The van der Waals surface area contributed by atoms with E-state index in [1.165, 1.54) is 0 Å². The summed E-state index contributed by atoms with van der Waals surface area (Å²) < 4.78 is 87.6. The number of carboxylic acid groups (broad SMARTS) is 1. The van der Waals surface area contributed by atoms with Gasteiger partial charge >= 0.3 is 13.8 Å². The van der Waals surface area contributed by atoms with E-state index < -0.39 is 275 Å². The van der Waals surface area contributed by atoms with E-state index in [-0.39, 0.29) is 0 Å². The SMILES string of the molecule is CC(=O)N[C@H]1[C@@H](O[C@@H]2[C@@H](O[C@@H]3[C@H](O)[C@@H](O[C@H]4[C@@H]([C@H](O)CO)OC(O)(C(=O)O)C[C@H]4O)O[C@H]([C@@H](O)CO)[C@H]3O[C@@H]3O[C@H](CO)[C@@H](O[C@@H]4O[C@H](CO)[C@H](O)[C@H](O)[C@H]4O)[C@H](O)[C@H]3O)O[C@H]([C@@H](O)CO)[C@@H](O)[C@@H]2OP(=O)(O)OCCN)O[C@H](CO)[C@@H](O)[C@@H]1O. The number of carbonyl (C=O) groups is 2. The third-order valence-electron chi connectivity index (χ3n) is 14.7. The van der Waals surface area contributed by atoms with Crippen molar-refractivity contribution < 1.29 is 187 Å². The van der Waals surface area contributed by atoms with Crippen LogP contribution in [0, 0.1) is 0 Å². The van der Waals surface area contributed by atoms with Gasteiger partial charge in [0.25, 0.3) is 5.79 Å². The lowest BCUT2D eigenvalue weighted by atomic mass is 9.91. The Bertz CT molecular complexity index is 2150. The van der Waals surface area contributed by atoms with Gasteiger partial charge in [-0.15, -0.1) is 0 Å². The topological polar surface area (TPSA) is 654 Å². The average Bonchev–Trinajstić information content (AvgIpc) is 3.61. The van der Waals surface area contributed by atoms with Crippen LogP contribution in [0.1, 0.15) is 13.3 Å². The van der Waals surface area contributed by atoms with E-state index in [2.05, 4.69) is 5.32 Å². The fraction of sp³-hybridized carbons (Fsp3) is 0.955. The average molecular weight is 1270 g/mol. The molecular formula is C44H77N2O38P. The summed E-state index contributed by atoms with van der Waals surface area (Å²) in [7, 11) is -5.59. The highest BCUT2D eigenvalue weighted by Crippen LogP contribution is 2.49. The Morgan fingerprint density at radius 2 is 1.02 bits per heavy atom. The summed E-state index contributed by atoms with van der Waals surface area (Å²) in [6.07, 6.45) is -69.6. The van der Waals surface area contributed by atoms with Crippen LogP contribution in [0.3, 0.4) is 0 Å². The van der Waals surface area contributed by atoms with E-state index in [0.717, 1.165) is 6.92 Å². The molecule has 6 aliphatic heterocycles. The van der Waals surface area contributed by atoms with Crippen molar-refractivity contribution in [1.82, 2.24) is 5.32 Å². The molecule has 0 aromatic heterocycles. The van der Waals surface area contributed by atoms with Gasteiger partial charge in [0, 0.05) is 19.9 Å². The first-order valence-corrected chi connectivity index (χ1v) is 27.8. The molecule has 0 aromatic rings. The molecule has 0 saturated carbocycles. The summed E-state index contributed by atoms with van der Waals surface area (Å²) in [5, 5.41) is 230. The van der Waals surface area contributed by atoms with Gasteiger partial charge in [-0.1, -0.05) is 0 Å². The van der Waals surface area contributed by atoms with Crippen molar-refractivity contribution in [1.29, 1.82) is 0 Å². The lowest BCUT2D eigenvalue weighted by Crippen LogP contribution is -2.71. The molecule has 2 unspecified atom stereocenters. The van der Waals surface area contributed by atoms with Crippen molar-refractivity contribution in [2.75, 3.05) is 52.8 Å². The molecule has 0 aliphatic carbocycles. The molecule has 0 radical (unpaired) electrons. The number of hydrogen-bond donors (Lipinski definition) is 24. The number of aliphatic hydroxyl groups excluding tert-OH is 19. The predicted octanol–water partition coefficient (Wildman–Crippen LogP) is -15.3. The van der Waals surface area contributed by atoms with Crippen LogP contribution < -0.4 is 11.1 Å². The Hall–Kier alpha value is -2.23. The number of ether oxygens (including phenoxy) is 11. The van der Waals surface area contributed by atoms with Gasteiger partial charge in [0.2, 0.25) is 5.91 Å². The van der Waals surface area contributed by atoms with Crippen molar-refractivity contribution >= 4 is 19.7 Å². The zero-order chi connectivity index (χ0) is 63.3. The van der Waals surface area contributed by atoms with Crippen LogP contribution in [-0.4, -0.2) is 373 Å². The maximum absolute atomic E-state index is 13.6. The molecule has 6 saturated heterocycles. The van der Waals surface area contributed by atoms with E-state index in [1.807, 2.05) is 0 Å². The minimum Gasteiger partial charge on any atom is -0.477 e. The molecule has 496 valence electrons. The molecule has 33 atom stereocenters. The summed E-state index contributed by atoms with van der Waals surface area (Å²) in [6, 6.07) is -1.94. The number of hydrogen-bond acceptors (Lipinski definition) is 37. The van der Waals surface area contributed by atoms with Crippen molar-refractivity contribution in [3.8, 4) is 0 Å². The maximum atomic E-state index is 13.6. The molecule has 25 N–H and O–H groups in total. The van der Waals surface area contributed by atoms with Crippen LogP contribution in [0.2, 0.25) is 0 Å². The number of carbonyl (C=O) groups excluding carboxylic acids is 1. The molecule has 85 heavy (non-hydrogen) atoms. The zero-order valence-corrected chi connectivity index (χ0v) is 45.6. The molecule has 0 bridgehead atoms. The highest BCUT2D eigenvalue weighted by atomic mass is 31.2. The summed E-state index contributed by atoms with van der Waals surface area (Å²) >= 11 is 0. The third-order valence-corrected chi connectivity index (χ3v) is 15.7. The number of aliphatic hydroxyl groups is 20. The first kappa shape index (κ1) is 71.8. The fourth-order valence-corrected chi connectivity index (χ4v) is 11.2. The fourth-order valence-electron chi connectivity index (χ4n) is 10.2. The smallest absolute Gasteiger partial charge is 0.472 e. The van der Waals surface area contributed by atoms with Crippen molar-refractivity contribution in [3.63, 3.8) is 0 Å². The van der Waals surface area contributed by atoms with Crippen molar-refractivity contribution in [3.05, 3.63) is 0 Å². The number of rotatable bonds is 26. The number of nitrogens with two attached hydrogens (primary N) is 1. The molecule has 1 amide bonds. The van der Waals surface area contributed by atoms with Gasteiger partial charge in [-0.25, -0.2) is 9.36 Å². The van der Waals surface area contributed by atoms with E-state index in [0.29, 0.717) is 0 Å². The minimum atomic E-state index is -5.59. The normalized spacial score (nSPS) is 46.4. The molecule has 6 aliphatic rings. The number of phosphoric ester groups is 1. The van der Waals surface area contributed by atoms with E-state index in [4.69, 9.17) is 66.9 Å². The second-order valence-electron chi connectivity index (χ2n) is 20.6. The standard InChI is InChI=1S/C44H77N2O38P/c1-11(53)46-19-22(60)20(58)16(8-50)73-38(19)82-37-35(84-85(70,71)72-3-2-45)27(65)29(13(55)5-47)76-42(37)80-34-28(66)41(77-30-12(54)4-44(69,43(67)68)83-32(30)15(57)7-49)78-31(14(56)6-48)36(34)81-40-26(64)24(62)33(18(10-52)75-40)79-39-25(63)23(61)21(59)17(9-51)74-39/h12-42,47-52,54-66,69H,2-10,45H2,1H3,(H,46,53)(H,67,68)(H,70,71)/t12-,13+,14+,15-,16-,17-,18-,19-,20-,21+,22-,23+,24-,25-,26-,27-,28+,29-,30-,31-,32-,33-,34-,35+,36-,37+,38-,39+,40+,41+,42-,44?/m1/s1. The largest absolute Gasteiger partial charge is 0.477 e. The maximum Gasteiger partial charge on any atom is 0.472 e. The van der Waals surface area contributed by atoms with Gasteiger partial charge < -0.3 is 175 Å². The Kier molecular flexibility index (Phi) is 26.0. The Labute approximate surface area is 479 Å². The van der Waals surface area contributed by atoms with Gasteiger partial charge in [-0.2, -0.15) is 0 Å².